The van der Waals surface area contributed by atoms with Crippen LogP contribution in [-0.2, 0) is 6.54 Å². The maximum atomic E-state index is 11.4. The van der Waals surface area contributed by atoms with Crippen molar-refractivity contribution in [3.05, 3.63) is 32.8 Å². The highest BCUT2D eigenvalue weighted by atomic mass is 79.9. The molecule has 0 aromatic carbocycles. The molecule has 0 spiro atoms. The number of H-pyrrole nitrogens is 1. The van der Waals surface area contributed by atoms with E-state index >= 15 is 0 Å². The molecule has 0 aliphatic carbocycles. The molecule has 0 unspecified atom stereocenters. The molecule has 0 fully saturated rings. The van der Waals surface area contributed by atoms with E-state index in [0.29, 0.717) is 16.2 Å². The summed E-state index contributed by atoms with van der Waals surface area (Å²) >= 11 is 4.20. The molecule has 0 bridgehead atoms. The van der Waals surface area contributed by atoms with Crippen LogP contribution in [0.15, 0.2) is 31.7 Å². The number of carboxylic acid groups (broad SMARTS) is 1. The van der Waals surface area contributed by atoms with Gasteiger partial charge >= 0.3 is 11.7 Å². The molecule has 2 aromatic rings. The van der Waals surface area contributed by atoms with Gasteiger partial charge < -0.3 is 5.11 Å². The van der Waals surface area contributed by atoms with Crippen molar-refractivity contribution in [2.45, 2.75) is 23.7 Å². The van der Waals surface area contributed by atoms with Crippen LogP contribution in [0.1, 0.15) is 17.3 Å². The number of nitrogens with zero attached hydrogens (tertiary/aromatic N) is 3. The SMILES string of the molecule is CCn1c(Sc2ncc(Br)cc2C(=O)O)n[nH]c1=O. The lowest BCUT2D eigenvalue weighted by Gasteiger charge is -2.05. The van der Waals surface area contributed by atoms with Crippen molar-refractivity contribution in [2.75, 3.05) is 0 Å². The van der Waals surface area contributed by atoms with Crippen LogP contribution < -0.4 is 5.69 Å². The molecule has 100 valence electrons. The maximum absolute atomic E-state index is 11.4. The summed E-state index contributed by atoms with van der Waals surface area (Å²) in [5.41, 5.74) is -0.281. The Bertz CT molecular complexity index is 682. The first kappa shape index (κ1) is 13.8. The van der Waals surface area contributed by atoms with Crippen molar-refractivity contribution in [1.82, 2.24) is 19.7 Å². The largest absolute Gasteiger partial charge is 0.478 e. The molecule has 2 heterocycles. The number of nitrogens with one attached hydrogen (secondary N) is 1. The van der Waals surface area contributed by atoms with Crippen molar-refractivity contribution >= 4 is 33.7 Å². The fourth-order valence-electron chi connectivity index (χ4n) is 1.41. The standard InChI is InChI=1S/C10H9BrN4O3S/c1-2-15-9(18)13-14-10(15)19-7-6(8(16)17)3-5(11)4-12-7/h3-4H,2H2,1H3,(H,13,18)(H,16,17). The summed E-state index contributed by atoms with van der Waals surface area (Å²) < 4.78 is 1.98. The highest BCUT2D eigenvalue weighted by Crippen LogP contribution is 2.28. The molecule has 0 saturated heterocycles. The minimum absolute atomic E-state index is 0.0532. The van der Waals surface area contributed by atoms with E-state index in [-0.39, 0.29) is 16.3 Å². The van der Waals surface area contributed by atoms with E-state index in [1.54, 1.807) is 6.92 Å². The minimum atomic E-state index is -1.09. The molecule has 2 aromatic heterocycles. The third kappa shape index (κ3) is 2.87. The third-order valence-electron chi connectivity index (χ3n) is 2.28. The number of halogens is 1. The number of pyridine rings is 1. The summed E-state index contributed by atoms with van der Waals surface area (Å²) in [6.45, 7) is 2.24. The second-order valence-corrected chi connectivity index (χ2v) is 5.34. The number of aromatic amines is 1. The molecule has 2 rings (SSSR count). The number of hydrogen-bond donors (Lipinski definition) is 2. The highest BCUT2D eigenvalue weighted by molar-refractivity contribution is 9.10. The molecule has 0 amide bonds. The van der Waals surface area contributed by atoms with E-state index in [1.807, 2.05) is 0 Å². The predicted octanol–water partition coefficient (Wildman–Crippen LogP) is 1.60. The van der Waals surface area contributed by atoms with Crippen molar-refractivity contribution < 1.29 is 9.90 Å². The fraction of sp³-hybridized carbons (Fsp3) is 0.200. The summed E-state index contributed by atoms with van der Waals surface area (Å²) in [5, 5.41) is 16.0. The minimum Gasteiger partial charge on any atom is -0.478 e. The number of rotatable bonds is 4. The van der Waals surface area contributed by atoms with Gasteiger partial charge in [-0.15, -0.1) is 5.10 Å². The topological polar surface area (TPSA) is 101 Å². The second kappa shape index (κ2) is 5.57. The summed E-state index contributed by atoms with van der Waals surface area (Å²) in [5.74, 6) is -1.09. The van der Waals surface area contributed by atoms with E-state index in [0.717, 1.165) is 11.8 Å². The molecule has 2 N–H and O–H groups in total. The Morgan fingerprint density at radius 3 is 3.00 bits per heavy atom. The molecular formula is C10H9BrN4O3S. The summed E-state index contributed by atoms with van der Waals surface area (Å²) in [6, 6.07) is 1.46. The first-order chi connectivity index (χ1) is 9.02. The second-order valence-electron chi connectivity index (χ2n) is 3.47. The summed E-state index contributed by atoms with van der Waals surface area (Å²) in [4.78, 5) is 26.6. The Labute approximate surface area is 120 Å². The van der Waals surface area contributed by atoms with E-state index in [1.165, 1.54) is 16.8 Å². The van der Waals surface area contributed by atoms with Crippen LogP contribution in [0.5, 0.6) is 0 Å². The van der Waals surface area contributed by atoms with Crippen LogP contribution in [0.3, 0.4) is 0 Å². The molecule has 9 heteroatoms. The molecule has 19 heavy (non-hydrogen) atoms. The van der Waals surface area contributed by atoms with Gasteiger partial charge in [0.2, 0.25) is 0 Å². The van der Waals surface area contributed by atoms with Gasteiger partial charge in [0.25, 0.3) is 0 Å². The van der Waals surface area contributed by atoms with Gasteiger partial charge in [0, 0.05) is 17.2 Å². The maximum Gasteiger partial charge on any atom is 0.343 e. The monoisotopic (exact) mass is 344 g/mol. The zero-order valence-electron chi connectivity index (χ0n) is 9.75. The first-order valence-corrected chi connectivity index (χ1v) is 6.85. The van der Waals surface area contributed by atoms with Crippen LogP contribution in [0.2, 0.25) is 0 Å². The molecule has 0 saturated carbocycles. The van der Waals surface area contributed by atoms with Gasteiger partial charge in [-0.05, 0) is 40.7 Å². The van der Waals surface area contributed by atoms with E-state index < -0.39 is 5.97 Å². The molecule has 0 aliphatic heterocycles. The van der Waals surface area contributed by atoms with E-state index in [9.17, 15) is 9.59 Å². The van der Waals surface area contributed by atoms with Gasteiger partial charge in [-0.1, -0.05) is 0 Å². The normalized spacial score (nSPS) is 10.6. The zero-order valence-corrected chi connectivity index (χ0v) is 12.2. The fourth-order valence-corrected chi connectivity index (χ4v) is 2.69. The predicted molar refractivity (Wildman–Crippen MR) is 71.5 cm³/mol. The van der Waals surface area contributed by atoms with Crippen molar-refractivity contribution in [3.8, 4) is 0 Å². The smallest absolute Gasteiger partial charge is 0.343 e. The van der Waals surface area contributed by atoms with Crippen molar-refractivity contribution in [1.29, 1.82) is 0 Å². The Kier molecular flexibility index (Phi) is 4.05. The lowest BCUT2D eigenvalue weighted by Crippen LogP contribution is -2.16. The van der Waals surface area contributed by atoms with Crippen LogP contribution >= 0.6 is 27.7 Å². The lowest BCUT2D eigenvalue weighted by molar-refractivity contribution is 0.0692. The molecule has 7 nitrogen and oxygen atoms in total. The lowest BCUT2D eigenvalue weighted by atomic mass is 10.3. The Balaban J connectivity index is 2.43. The zero-order chi connectivity index (χ0) is 14.0. The van der Waals surface area contributed by atoms with Crippen molar-refractivity contribution in [3.63, 3.8) is 0 Å². The van der Waals surface area contributed by atoms with Crippen LogP contribution in [0.4, 0.5) is 0 Å². The van der Waals surface area contributed by atoms with Crippen LogP contribution in [0, 0.1) is 0 Å². The summed E-state index contributed by atoms with van der Waals surface area (Å²) in [7, 11) is 0. The van der Waals surface area contributed by atoms with Crippen molar-refractivity contribution in [2.24, 2.45) is 0 Å². The Hall–Kier alpha value is -1.61. The third-order valence-corrected chi connectivity index (χ3v) is 3.72. The number of aromatic nitrogens is 4. The van der Waals surface area contributed by atoms with Gasteiger partial charge in [0.15, 0.2) is 5.16 Å². The number of carboxylic acids is 1. The Morgan fingerprint density at radius 1 is 1.63 bits per heavy atom. The highest BCUT2D eigenvalue weighted by Gasteiger charge is 2.16. The number of aromatic carboxylic acids is 1. The van der Waals surface area contributed by atoms with Crippen LogP contribution in [-0.4, -0.2) is 30.8 Å². The van der Waals surface area contributed by atoms with Crippen LogP contribution in [0.25, 0.3) is 0 Å². The molecule has 0 atom stereocenters. The average Bonchev–Trinajstić information content (AvgIpc) is 2.71. The summed E-state index contributed by atoms with van der Waals surface area (Å²) in [6.07, 6.45) is 1.50. The number of carbonyl (C=O) groups is 1. The van der Waals surface area contributed by atoms with E-state index in [4.69, 9.17) is 5.11 Å². The van der Waals surface area contributed by atoms with Gasteiger partial charge in [0.05, 0.1) is 5.56 Å². The molecular weight excluding hydrogens is 336 g/mol. The van der Waals surface area contributed by atoms with Gasteiger partial charge in [-0.2, -0.15) is 0 Å². The molecule has 0 radical (unpaired) electrons. The van der Waals surface area contributed by atoms with Gasteiger partial charge in [0.1, 0.15) is 5.03 Å². The molecule has 0 aliphatic rings. The van der Waals surface area contributed by atoms with Gasteiger partial charge in [-0.3, -0.25) is 4.57 Å². The van der Waals surface area contributed by atoms with Gasteiger partial charge in [-0.25, -0.2) is 19.7 Å². The Morgan fingerprint density at radius 2 is 2.37 bits per heavy atom. The first-order valence-electron chi connectivity index (χ1n) is 5.24. The number of hydrogen-bond acceptors (Lipinski definition) is 5. The average molecular weight is 345 g/mol. The quantitative estimate of drug-likeness (QED) is 0.873. The van der Waals surface area contributed by atoms with E-state index in [2.05, 4.69) is 31.1 Å².